The predicted molar refractivity (Wildman–Crippen MR) is 73.1 cm³/mol. The number of halogens is 2. The SMILES string of the molecule is CC(c1cc(F)ccc1F)N(C)C(=O)CNCC1CC1. The van der Waals surface area contributed by atoms with E-state index in [1.54, 1.807) is 14.0 Å². The van der Waals surface area contributed by atoms with Gasteiger partial charge in [0.1, 0.15) is 11.6 Å². The number of likely N-dealkylation sites (N-methyl/N-ethyl adjacent to an activating group) is 1. The minimum Gasteiger partial charge on any atom is -0.338 e. The molecule has 1 aromatic rings. The molecule has 1 aliphatic rings. The molecule has 5 heteroatoms. The van der Waals surface area contributed by atoms with Gasteiger partial charge in [-0.2, -0.15) is 0 Å². The smallest absolute Gasteiger partial charge is 0.236 e. The molecule has 0 saturated heterocycles. The summed E-state index contributed by atoms with van der Waals surface area (Å²) < 4.78 is 26.9. The van der Waals surface area contributed by atoms with E-state index >= 15 is 0 Å². The van der Waals surface area contributed by atoms with Crippen LogP contribution in [-0.4, -0.2) is 30.9 Å². The second-order valence-corrected chi connectivity index (χ2v) is 5.42. The molecule has 0 heterocycles. The molecule has 0 aliphatic heterocycles. The van der Waals surface area contributed by atoms with Crippen LogP contribution in [0.15, 0.2) is 18.2 Å². The van der Waals surface area contributed by atoms with Gasteiger partial charge in [0.25, 0.3) is 0 Å². The molecule has 1 unspecified atom stereocenters. The third-order valence-electron chi connectivity index (χ3n) is 3.79. The summed E-state index contributed by atoms with van der Waals surface area (Å²) in [6, 6.07) is 2.80. The first-order valence-corrected chi connectivity index (χ1v) is 6.90. The van der Waals surface area contributed by atoms with E-state index in [2.05, 4.69) is 5.32 Å². The number of carbonyl (C=O) groups is 1. The molecule has 1 aliphatic carbocycles. The van der Waals surface area contributed by atoms with Crippen molar-refractivity contribution in [2.24, 2.45) is 5.92 Å². The third kappa shape index (κ3) is 3.76. The molecule has 110 valence electrons. The zero-order valence-corrected chi connectivity index (χ0v) is 11.8. The zero-order valence-electron chi connectivity index (χ0n) is 11.8. The molecule has 0 spiro atoms. The fourth-order valence-corrected chi connectivity index (χ4v) is 2.09. The first-order chi connectivity index (χ1) is 9.49. The normalized spacial score (nSPS) is 16.0. The highest BCUT2D eigenvalue weighted by atomic mass is 19.1. The van der Waals surface area contributed by atoms with Crippen LogP contribution in [0, 0.1) is 17.6 Å². The van der Waals surface area contributed by atoms with Gasteiger partial charge in [0.05, 0.1) is 12.6 Å². The van der Waals surface area contributed by atoms with Gasteiger partial charge >= 0.3 is 0 Å². The Bertz CT molecular complexity index is 489. The Kier molecular flexibility index (Phi) is 4.70. The molecule has 1 atom stereocenters. The monoisotopic (exact) mass is 282 g/mol. The van der Waals surface area contributed by atoms with Gasteiger partial charge in [-0.15, -0.1) is 0 Å². The van der Waals surface area contributed by atoms with E-state index in [1.165, 1.54) is 17.7 Å². The summed E-state index contributed by atoms with van der Waals surface area (Å²) in [5.41, 5.74) is 0.197. The van der Waals surface area contributed by atoms with Crippen LogP contribution in [0.4, 0.5) is 8.78 Å². The Morgan fingerprint density at radius 3 is 2.80 bits per heavy atom. The molecule has 20 heavy (non-hydrogen) atoms. The molecule has 2 rings (SSSR count). The molecule has 0 radical (unpaired) electrons. The highest BCUT2D eigenvalue weighted by Crippen LogP contribution is 2.27. The zero-order chi connectivity index (χ0) is 14.7. The number of carbonyl (C=O) groups excluding carboxylic acids is 1. The summed E-state index contributed by atoms with van der Waals surface area (Å²) in [5, 5.41) is 3.10. The maximum absolute atomic E-state index is 13.7. The van der Waals surface area contributed by atoms with Gasteiger partial charge in [-0.1, -0.05) is 0 Å². The lowest BCUT2D eigenvalue weighted by molar-refractivity contribution is -0.130. The van der Waals surface area contributed by atoms with Gasteiger partial charge in [0, 0.05) is 12.6 Å². The topological polar surface area (TPSA) is 32.3 Å². The number of nitrogens with one attached hydrogen (secondary N) is 1. The van der Waals surface area contributed by atoms with Crippen LogP contribution in [0.25, 0.3) is 0 Å². The van der Waals surface area contributed by atoms with Gasteiger partial charge in [-0.05, 0) is 50.4 Å². The largest absolute Gasteiger partial charge is 0.338 e. The van der Waals surface area contributed by atoms with Crippen molar-refractivity contribution < 1.29 is 13.6 Å². The molecule has 1 fully saturated rings. The summed E-state index contributed by atoms with van der Waals surface area (Å²) in [6.07, 6.45) is 2.45. The highest BCUT2D eigenvalue weighted by Gasteiger charge is 2.23. The van der Waals surface area contributed by atoms with Crippen LogP contribution in [0.3, 0.4) is 0 Å². The molecule has 3 nitrogen and oxygen atoms in total. The van der Waals surface area contributed by atoms with Gasteiger partial charge in [-0.3, -0.25) is 4.79 Å². The average Bonchev–Trinajstić information content (AvgIpc) is 3.24. The number of hydrogen-bond donors (Lipinski definition) is 1. The first kappa shape index (κ1) is 14.9. The highest BCUT2D eigenvalue weighted by molar-refractivity contribution is 5.78. The molecular formula is C15H20F2N2O. The predicted octanol–water partition coefficient (Wildman–Crippen LogP) is 2.48. The van der Waals surface area contributed by atoms with Crippen molar-refractivity contribution in [3.8, 4) is 0 Å². The summed E-state index contributed by atoms with van der Waals surface area (Å²) >= 11 is 0. The van der Waals surface area contributed by atoms with Gasteiger partial charge in [0.2, 0.25) is 5.91 Å². The van der Waals surface area contributed by atoms with Crippen LogP contribution in [0.2, 0.25) is 0 Å². The lowest BCUT2D eigenvalue weighted by Crippen LogP contribution is -2.38. The van der Waals surface area contributed by atoms with Crippen LogP contribution in [0.1, 0.15) is 31.4 Å². The summed E-state index contributed by atoms with van der Waals surface area (Å²) in [5.74, 6) is -0.418. The average molecular weight is 282 g/mol. The van der Waals surface area contributed by atoms with E-state index < -0.39 is 17.7 Å². The molecule has 1 amide bonds. The van der Waals surface area contributed by atoms with E-state index in [1.807, 2.05) is 0 Å². The molecule has 1 saturated carbocycles. The number of benzene rings is 1. The van der Waals surface area contributed by atoms with E-state index in [4.69, 9.17) is 0 Å². The van der Waals surface area contributed by atoms with Crippen LogP contribution < -0.4 is 5.32 Å². The van der Waals surface area contributed by atoms with E-state index in [0.717, 1.165) is 24.7 Å². The second-order valence-electron chi connectivity index (χ2n) is 5.42. The Morgan fingerprint density at radius 2 is 2.15 bits per heavy atom. The van der Waals surface area contributed by atoms with Crippen molar-refractivity contribution in [2.45, 2.75) is 25.8 Å². The summed E-state index contributed by atoms with van der Waals surface area (Å²) in [6.45, 7) is 2.77. The fraction of sp³-hybridized carbons (Fsp3) is 0.533. The summed E-state index contributed by atoms with van der Waals surface area (Å²) in [4.78, 5) is 13.4. The van der Waals surface area contributed by atoms with Gasteiger partial charge < -0.3 is 10.2 Å². The Morgan fingerprint density at radius 1 is 1.45 bits per heavy atom. The molecular weight excluding hydrogens is 262 g/mol. The van der Waals surface area contributed by atoms with Gasteiger partial charge in [0.15, 0.2) is 0 Å². The van der Waals surface area contributed by atoms with Crippen LogP contribution >= 0.6 is 0 Å². The molecule has 0 bridgehead atoms. The van der Waals surface area contributed by atoms with E-state index in [-0.39, 0.29) is 18.0 Å². The Labute approximate surface area is 118 Å². The lowest BCUT2D eigenvalue weighted by Gasteiger charge is -2.26. The van der Waals surface area contributed by atoms with Gasteiger partial charge in [-0.25, -0.2) is 8.78 Å². The molecule has 1 N–H and O–H groups in total. The maximum Gasteiger partial charge on any atom is 0.236 e. The molecule has 1 aromatic carbocycles. The quantitative estimate of drug-likeness (QED) is 0.869. The first-order valence-electron chi connectivity index (χ1n) is 6.90. The minimum absolute atomic E-state index is 0.123. The standard InChI is InChI=1S/C15H20F2N2O/c1-10(13-7-12(16)5-6-14(13)17)19(2)15(20)9-18-8-11-3-4-11/h5-7,10-11,18H,3-4,8-9H2,1-2H3. The van der Waals surface area contributed by atoms with Crippen LogP contribution in [0.5, 0.6) is 0 Å². The Hall–Kier alpha value is -1.49. The van der Waals surface area contributed by atoms with Crippen molar-refractivity contribution >= 4 is 5.91 Å². The minimum atomic E-state index is -0.499. The van der Waals surface area contributed by atoms with Crippen molar-refractivity contribution in [3.63, 3.8) is 0 Å². The van der Waals surface area contributed by atoms with Crippen molar-refractivity contribution in [1.29, 1.82) is 0 Å². The van der Waals surface area contributed by atoms with Crippen molar-refractivity contribution in [1.82, 2.24) is 10.2 Å². The van der Waals surface area contributed by atoms with E-state index in [0.29, 0.717) is 5.92 Å². The number of hydrogen-bond acceptors (Lipinski definition) is 2. The van der Waals surface area contributed by atoms with Crippen molar-refractivity contribution in [3.05, 3.63) is 35.4 Å². The molecule has 0 aromatic heterocycles. The maximum atomic E-state index is 13.7. The summed E-state index contributed by atoms with van der Waals surface area (Å²) in [7, 11) is 1.61. The van der Waals surface area contributed by atoms with Crippen molar-refractivity contribution in [2.75, 3.05) is 20.1 Å². The van der Waals surface area contributed by atoms with E-state index in [9.17, 15) is 13.6 Å². The number of nitrogens with zero attached hydrogens (tertiary/aromatic N) is 1. The Balaban J connectivity index is 1.93. The number of rotatable bonds is 6. The lowest BCUT2D eigenvalue weighted by atomic mass is 10.1. The third-order valence-corrected chi connectivity index (χ3v) is 3.79. The van der Waals surface area contributed by atoms with Crippen LogP contribution in [-0.2, 0) is 4.79 Å². The number of amides is 1. The second kappa shape index (κ2) is 6.31. The fourth-order valence-electron chi connectivity index (χ4n) is 2.09.